The van der Waals surface area contributed by atoms with Crippen LogP contribution in [0.1, 0.15) is 16.2 Å². The molecule has 8 heteroatoms. The summed E-state index contributed by atoms with van der Waals surface area (Å²) in [4.78, 5) is 17.8. The van der Waals surface area contributed by atoms with Gasteiger partial charge in [0.1, 0.15) is 23.2 Å². The van der Waals surface area contributed by atoms with Crippen molar-refractivity contribution in [2.45, 2.75) is 6.42 Å². The number of nitriles is 1. The lowest BCUT2D eigenvalue weighted by molar-refractivity contribution is -0.112. The molecule has 4 rings (SSSR count). The molecule has 0 aliphatic carbocycles. The summed E-state index contributed by atoms with van der Waals surface area (Å²) in [5, 5.41) is 13.8. The minimum atomic E-state index is -0.560. The molecule has 1 N–H and O–H groups in total. The number of hydrogen-bond acceptors (Lipinski definition) is 5. The Balaban J connectivity index is 1.45. The Morgan fingerprint density at radius 2 is 1.91 bits per heavy atom. The van der Waals surface area contributed by atoms with E-state index in [4.69, 9.17) is 27.6 Å². The first-order chi connectivity index (χ1) is 15.5. The molecule has 32 heavy (non-hydrogen) atoms. The molecule has 0 aliphatic rings. The van der Waals surface area contributed by atoms with Gasteiger partial charge in [0, 0.05) is 34.2 Å². The van der Waals surface area contributed by atoms with Crippen molar-refractivity contribution >= 4 is 51.7 Å². The maximum atomic E-state index is 12.6. The molecule has 0 unspecified atom stereocenters. The van der Waals surface area contributed by atoms with Crippen LogP contribution in [0.25, 0.3) is 17.4 Å². The molecule has 0 atom stereocenters. The summed E-state index contributed by atoms with van der Waals surface area (Å²) in [7, 11) is 0. The van der Waals surface area contributed by atoms with Crippen LogP contribution in [0.2, 0.25) is 10.0 Å². The molecule has 0 bridgehead atoms. The van der Waals surface area contributed by atoms with Crippen LogP contribution >= 0.6 is 34.5 Å². The number of carbonyl (C=O) groups excluding carboxylic acids is 1. The van der Waals surface area contributed by atoms with Gasteiger partial charge in [-0.3, -0.25) is 10.1 Å². The van der Waals surface area contributed by atoms with Crippen LogP contribution < -0.4 is 5.32 Å². The van der Waals surface area contributed by atoms with Crippen molar-refractivity contribution in [3.8, 4) is 17.4 Å². The molecule has 0 fully saturated rings. The zero-order valence-electron chi connectivity index (χ0n) is 16.5. The number of nitrogens with one attached hydrogen (secondary N) is 1. The van der Waals surface area contributed by atoms with Crippen molar-refractivity contribution in [3.05, 3.63) is 98.7 Å². The number of carbonyl (C=O) groups is 1. The van der Waals surface area contributed by atoms with Gasteiger partial charge in [-0.1, -0.05) is 47.5 Å². The largest absolute Gasteiger partial charge is 0.457 e. The average molecular weight is 480 g/mol. The Bertz CT molecular complexity index is 1330. The second-order valence-electron chi connectivity index (χ2n) is 6.74. The van der Waals surface area contributed by atoms with Gasteiger partial charge in [-0.25, -0.2) is 4.98 Å². The van der Waals surface area contributed by atoms with E-state index in [1.54, 1.807) is 24.4 Å². The maximum absolute atomic E-state index is 12.6. The quantitative estimate of drug-likeness (QED) is 0.242. The molecule has 2 aromatic heterocycles. The van der Waals surface area contributed by atoms with Gasteiger partial charge in [0.2, 0.25) is 0 Å². The number of halogens is 2. The number of rotatable bonds is 6. The fraction of sp³-hybridized carbons (Fsp3) is 0.0417. The van der Waals surface area contributed by atoms with E-state index in [-0.39, 0.29) is 5.57 Å². The van der Waals surface area contributed by atoms with Gasteiger partial charge in [0.25, 0.3) is 5.91 Å². The number of amides is 1. The number of thiazole rings is 1. The van der Waals surface area contributed by atoms with Crippen LogP contribution in [0.15, 0.2) is 76.9 Å². The number of hydrogen-bond donors (Lipinski definition) is 1. The summed E-state index contributed by atoms with van der Waals surface area (Å²) in [5.41, 5.74) is 1.72. The standard InChI is InChI=1S/C24H15Cl2N3O2S/c25-17-7-5-15(6-8-17)11-19-14-28-24(32-19)29-23(30)16(13-27)12-18-9-10-22(31-18)20-3-1-2-4-21(20)26/h1-10,12,14H,11H2,(H,28,29,30)/b16-12+. The minimum Gasteiger partial charge on any atom is -0.457 e. The third-order valence-electron chi connectivity index (χ3n) is 4.48. The highest BCUT2D eigenvalue weighted by molar-refractivity contribution is 7.15. The third kappa shape index (κ3) is 5.27. The summed E-state index contributed by atoms with van der Waals surface area (Å²) in [6.07, 6.45) is 3.76. The molecular formula is C24H15Cl2N3O2S. The minimum absolute atomic E-state index is 0.0977. The summed E-state index contributed by atoms with van der Waals surface area (Å²) < 4.78 is 5.75. The zero-order valence-corrected chi connectivity index (χ0v) is 18.8. The number of benzene rings is 2. The Kier molecular flexibility index (Phi) is 6.72. The maximum Gasteiger partial charge on any atom is 0.268 e. The zero-order chi connectivity index (χ0) is 22.5. The highest BCUT2D eigenvalue weighted by Crippen LogP contribution is 2.30. The smallest absolute Gasteiger partial charge is 0.268 e. The van der Waals surface area contributed by atoms with E-state index in [0.29, 0.717) is 33.1 Å². The van der Waals surface area contributed by atoms with Gasteiger partial charge in [0.05, 0.1) is 5.02 Å². The topological polar surface area (TPSA) is 78.9 Å². The van der Waals surface area contributed by atoms with E-state index in [9.17, 15) is 10.1 Å². The van der Waals surface area contributed by atoms with Crippen molar-refractivity contribution in [3.63, 3.8) is 0 Å². The SMILES string of the molecule is N#C/C(=C\c1ccc(-c2ccccc2Cl)o1)C(=O)Nc1ncc(Cc2ccc(Cl)cc2)s1. The molecule has 158 valence electrons. The van der Waals surface area contributed by atoms with E-state index in [1.807, 2.05) is 48.5 Å². The fourth-order valence-electron chi connectivity index (χ4n) is 2.94. The van der Waals surface area contributed by atoms with Crippen molar-refractivity contribution in [1.82, 2.24) is 4.98 Å². The number of anilines is 1. The Morgan fingerprint density at radius 3 is 2.66 bits per heavy atom. The Morgan fingerprint density at radius 1 is 1.12 bits per heavy atom. The molecule has 2 heterocycles. The summed E-state index contributed by atoms with van der Waals surface area (Å²) in [5.74, 6) is 0.357. The Hall–Kier alpha value is -3.37. The molecule has 0 radical (unpaired) electrons. The summed E-state index contributed by atoms with van der Waals surface area (Å²) >= 11 is 13.5. The van der Waals surface area contributed by atoms with Crippen LogP contribution in [-0.2, 0) is 11.2 Å². The predicted octanol–water partition coefficient (Wildman–Crippen LogP) is 6.85. The molecule has 1 amide bonds. The normalized spacial score (nSPS) is 11.2. The van der Waals surface area contributed by atoms with Crippen molar-refractivity contribution in [1.29, 1.82) is 5.26 Å². The van der Waals surface area contributed by atoms with Gasteiger partial charge >= 0.3 is 0 Å². The third-order valence-corrected chi connectivity index (χ3v) is 5.98. The number of nitrogens with zero attached hydrogens (tertiary/aromatic N) is 2. The Labute approximate surface area is 198 Å². The molecule has 0 aliphatic heterocycles. The van der Waals surface area contributed by atoms with Crippen LogP contribution in [0, 0.1) is 11.3 Å². The van der Waals surface area contributed by atoms with Crippen LogP contribution in [0.4, 0.5) is 5.13 Å². The van der Waals surface area contributed by atoms with Gasteiger partial charge in [-0.2, -0.15) is 5.26 Å². The second kappa shape index (κ2) is 9.84. The fourth-order valence-corrected chi connectivity index (χ4v) is 4.14. The van der Waals surface area contributed by atoms with Crippen molar-refractivity contribution < 1.29 is 9.21 Å². The highest BCUT2D eigenvalue weighted by atomic mass is 35.5. The summed E-state index contributed by atoms with van der Waals surface area (Å²) in [6.45, 7) is 0. The van der Waals surface area contributed by atoms with Gasteiger partial charge in [-0.05, 0) is 42.0 Å². The van der Waals surface area contributed by atoms with Gasteiger partial charge in [0.15, 0.2) is 5.13 Å². The van der Waals surface area contributed by atoms with Crippen molar-refractivity contribution in [2.75, 3.05) is 5.32 Å². The second-order valence-corrected chi connectivity index (χ2v) is 8.70. The molecule has 2 aromatic carbocycles. The van der Waals surface area contributed by atoms with E-state index in [1.165, 1.54) is 17.4 Å². The lowest BCUT2D eigenvalue weighted by Gasteiger charge is -2.00. The molecule has 0 spiro atoms. The summed E-state index contributed by atoms with van der Waals surface area (Å²) in [6, 6.07) is 20.1. The van der Waals surface area contributed by atoms with Crippen LogP contribution in [-0.4, -0.2) is 10.9 Å². The first-order valence-electron chi connectivity index (χ1n) is 9.49. The van der Waals surface area contributed by atoms with E-state index in [0.717, 1.165) is 16.0 Å². The van der Waals surface area contributed by atoms with E-state index in [2.05, 4.69) is 10.3 Å². The monoisotopic (exact) mass is 479 g/mol. The average Bonchev–Trinajstić information content (AvgIpc) is 3.43. The first-order valence-corrected chi connectivity index (χ1v) is 11.1. The molecule has 0 saturated heterocycles. The molecule has 5 nitrogen and oxygen atoms in total. The predicted molar refractivity (Wildman–Crippen MR) is 128 cm³/mol. The first kappa shape index (κ1) is 21.8. The molecule has 4 aromatic rings. The van der Waals surface area contributed by atoms with Gasteiger partial charge in [-0.15, -0.1) is 11.3 Å². The number of aromatic nitrogens is 1. The molecule has 0 saturated carbocycles. The lowest BCUT2D eigenvalue weighted by atomic mass is 10.1. The van der Waals surface area contributed by atoms with E-state index >= 15 is 0 Å². The van der Waals surface area contributed by atoms with Gasteiger partial charge < -0.3 is 4.42 Å². The lowest BCUT2D eigenvalue weighted by Crippen LogP contribution is -2.13. The van der Waals surface area contributed by atoms with Crippen LogP contribution in [0.5, 0.6) is 0 Å². The highest BCUT2D eigenvalue weighted by Gasteiger charge is 2.14. The number of furan rings is 1. The van der Waals surface area contributed by atoms with Crippen LogP contribution in [0.3, 0.4) is 0 Å². The van der Waals surface area contributed by atoms with E-state index < -0.39 is 5.91 Å². The molecular weight excluding hydrogens is 465 g/mol. The van der Waals surface area contributed by atoms with Crippen molar-refractivity contribution in [2.24, 2.45) is 0 Å².